The summed E-state index contributed by atoms with van der Waals surface area (Å²) in [5.41, 5.74) is 7.49. The summed E-state index contributed by atoms with van der Waals surface area (Å²) in [5.74, 6) is 0. The van der Waals surface area contributed by atoms with E-state index in [2.05, 4.69) is 25.9 Å². The Morgan fingerprint density at radius 1 is 1.42 bits per heavy atom. The van der Waals surface area contributed by atoms with Crippen LogP contribution < -0.4 is 11.3 Å². The van der Waals surface area contributed by atoms with Crippen molar-refractivity contribution in [2.75, 3.05) is 6.54 Å². The third kappa shape index (κ3) is 3.92. The summed E-state index contributed by atoms with van der Waals surface area (Å²) in [6.07, 6.45) is 0. The molecule has 1 heterocycles. The Balaban J connectivity index is 2.23. The van der Waals surface area contributed by atoms with Crippen molar-refractivity contribution >= 4 is 27.7 Å². The number of aromatic amines is 1. The topological polar surface area (TPSA) is 71.8 Å². The van der Waals surface area contributed by atoms with Crippen LogP contribution in [0.1, 0.15) is 16.5 Å². The SMILES string of the molecule is Cc1cc(=O)[nH]c(SC(CN)c2ccc(Br)cc2)n1. The highest BCUT2D eigenvalue weighted by Crippen LogP contribution is 2.32. The highest BCUT2D eigenvalue weighted by Gasteiger charge is 2.13. The number of rotatable bonds is 4. The van der Waals surface area contributed by atoms with Crippen LogP contribution in [0.5, 0.6) is 0 Å². The molecule has 0 aliphatic carbocycles. The smallest absolute Gasteiger partial charge is 0.251 e. The molecule has 1 aromatic heterocycles. The van der Waals surface area contributed by atoms with E-state index in [9.17, 15) is 4.79 Å². The molecule has 0 saturated carbocycles. The highest BCUT2D eigenvalue weighted by atomic mass is 79.9. The number of halogens is 1. The zero-order valence-electron chi connectivity index (χ0n) is 10.4. The fourth-order valence-electron chi connectivity index (χ4n) is 1.67. The first-order valence-electron chi connectivity index (χ1n) is 5.78. The Morgan fingerprint density at radius 3 is 2.68 bits per heavy atom. The second kappa shape index (κ2) is 6.36. The van der Waals surface area contributed by atoms with Crippen molar-refractivity contribution < 1.29 is 0 Å². The molecule has 1 atom stereocenters. The number of thioether (sulfide) groups is 1. The number of nitrogens with two attached hydrogens (primary N) is 1. The van der Waals surface area contributed by atoms with Crippen molar-refractivity contribution in [3.05, 3.63) is 56.4 Å². The quantitative estimate of drug-likeness (QED) is 0.663. The minimum absolute atomic E-state index is 0.0676. The number of aryl methyl sites for hydroxylation is 1. The number of H-pyrrole nitrogens is 1. The summed E-state index contributed by atoms with van der Waals surface area (Å²) < 4.78 is 1.03. The molecule has 2 aromatic rings. The van der Waals surface area contributed by atoms with Gasteiger partial charge >= 0.3 is 0 Å². The molecular formula is C13H14BrN3OS. The van der Waals surface area contributed by atoms with Crippen molar-refractivity contribution in [1.29, 1.82) is 0 Å². The van der Waals surface area contributed by atoms with Gasteiger partial charge in [-0.1, -0.05) is 39.8 Å². The molecular weight excluding hydrogens is 326 g/mol. The standard InChI is InChI=1S/C13H14BrN3OS/c1-8-6-12(18)17-13(16-8)19-11(7-15)9-2-4-10(14)5-3-9/h2-6,11H,7,15H2,1H3,(H,16,17,18). The van der Waals surface area contributed by atoms with E-state index >= 15 is 0 Å². The molecule has 1 unspecified atom stereocenters. The van der Waals surface area contributed by atoms with E-state index in [4.69, 9.17) is 5.73 Å². The van der Waals surface area contributed by atoms with E-state index in [1.807, 2.05) is 24.3 Å². The fraction of sp³-hybridized carbons (Fsp3) is 0.231. The number of nitrogens with zero attached hydrogens (tertiary/aromatic N) is 1. The van der Waals surface area contributed by atoms with Crippen molar-refractivity contribution in [1.82, 2.24) is 9.97 Å². The van der Waals surface area contributed by atoms with Gasteiger partial charge in [-0.15, -0.1) is 0 Å². The summed E-state index contributed by atoms with van der Waals surface area (Å²) in [7, 11) is 0. The Hall–Kier alpha value is -1.11. The van der Waals surface area contributed by atoms with Gasteiger partial charge in [0.25, 0.3) is 5.56 Å². The van der Waals surface area contributed by atoms with Gasteiger partial charge in [0, 0.05) is 28.0 Å². The molecule has 0 bridgehead atoms. The lowest BCUT2D eigenvalue weighted by Crippen LogP contribution is -2.13. The summed E-state index contributed by atoms with van der Waals surface area (Å²) in [6.45, 7) is 2.28. The predicted molar refractivity (Wildman–Crippen MR) is 81.4 cm³/mol. The van der Waals surface area contributed by atoms with Crippen molar-refractivity contribution in [3.8, 4) is 0 Å². The highest BCUT2D eigenvalue weighted by molar-refractivity contribution is 9.10. The Kier molecular flexibility index (Phi) is 4.79. The van der Waals surface area contributed by atoms with E-state index in [1.165, 1.54) is 17.8 Å². The van der Waals surface area contributed by atoms with Gasteiger partial charge in [-0.05, 0) is 24.6 Å². The van der Waals surface area contributed by atoms with Gasteiger partial charge in [0.15, 0.2) is 5.16 Å². The Bertz CT molecular complexity index is 612. The normalized spacial score (nSPS) is 12.4. The maximum Gasteiger partial charge on any atom is 0.251 e. The molecule has 0 spiro atoms. The number of hydrogen-bond donors (Lipinski definition) is 2. The maximum absolute atomic E-state index is 11.4. The molecule has 0 aliphatic heterocycles. The van der Waals surface area contributed by atoms with Crippen LogP contribution in [0.3, 0.4) is 0 Å². The average molecular weight is 340 g/mol. The first-order valence-corrected chi connectivity index (χ1v) is 7.46. The van der Waals surface area contributed by atoms with Crippen LogP contribution in [-0.2, 0) is 0 Å². The monoisotopic (exact) mass is 339 g/mol. The molecule has 1 aromatic carbocycles. The van der Waals surface area contributed by atoms with Gasteiger partial charge in [0.05, 0.1) is 0 Å². The van der Waals surface area contributed by atoms with Crippen LogP contribution in [0, 0.1) is 6.92 Å². The number of nitrogens with one attached hydrogen (secondary N) is 1. The Labute approximate surface area is 124 Å². The molecule has 0 saturated heterocycles. The third-order valence-electron chi connectivity index (χ3n) is 2.56. The summed E-state index contributed by atoms with van der Waals surface area (Å²) in [4.78, 5) is 18.4. The van der Waals surface area contributed by atoms with Crippen LogP contribution in [-0.4, -0.2) is 16.5 Å². The largest absolute Gasteiger partial charge is 0.329 e. The lowest BCUT2D eigenvalue weighted by atomic mass is 10.1. The second-order valence-corrected chi connectivity index (χ2v) is 6.19. The molecule has 0 fully saturated rings. The number of aromatic nitrogens is 2. The van der Waals surface area contributed by atoms with Gasteiger partial charge in [0.2, 0.25) is 0 Å². The molecule has 19 heavy (non-hydrogen) atoms. The molecule has 100 valence electrons. The minimum Gasteiger partial charge on any atom is -0.329 e. The van der Waals surface area contributed by atoms with E-state index in [0.29, 0.717) is 17.4 Å². The summed E-state index contributed by atoms with van der Waals surface area (Å²) >= 11 is 4.87. The molecule has 6 heteroatoms. The molecule has 2 rings (SSSR count). The molecule has 0 radical (unpaired) electrons. The van der Waals surface area contributed by atoms with Crippen molar-refractivity contribution in [3.63, 3.8) is 0 Å². The third-order valence-corrected chi connectivity index (χ3v) is 4.25. The number of benzene rings is 1. The molecule has 3 N–H and O–H groups in total. The summed E-state index contributed by atoms with van der Waals surface area (Å²) in [5, 5.41) is 0.668. The van der Waals surface area contributed by atoms with Gasteiger partial charge in [0.1, 0.15) is 0 Å². The van der Waals surface area contributed by atoms with Crippen LogP contribution in [0.15, 0.2) is 44.8 Å². The average Bonchev–Trinajstić information content (AvgIpc) is 2.36. The van der Waals surface area contributed by atoms with E-state index < -0.39 is 0 Å². The molecule has 0 aliphatic rings. The van der Waals surface area contributed by atoms with Gasteiger partial charge in [-0.3, -0.25) is 4.79 Å². The molecule has 0 amide bonds. The minimum atomic E-state index is -0.137. The van der Waals surface area contributed by atoms with Gasteiger partial charge in [-0.2, -0.15) is 0 Å². The van der Waals surface area contributed by atoms with Crippen LogP contribution in [0.25, 0.3) is 0 Å². The van der Waals surface area contributed by atoms with Crippen molar-refractivity contribution in [2.45, 2.75) is 17.3 Å². The Morgan fingerprint density at radius 2 is 2.11 bits per heavy atom. The zero-order valence-corrected chi connectivity index (χ0v) is 12.8. The zero-order chi connectivity index (χ0) is 13.8. The maximum atomic E-state index is 11.4. The van der Waals surface area contributed by atoms with Crippen LogP contribution in [0.2, 0.25) is 0 Å². The predicted octanol–water partition coefficient (Wildman–Crippen LogP) is 2.63. The van der Waals surface area contributed by atoms with Crippen LogP contribution >= 0.6 is 27.7 Å². The first kappa shape index (κ1) is 14.3. The lowest BCUT2D eigenvalue weighted by molar-refractivity contribution is 0.879. The van der Waals surface area contributed by atoms with Crippen LogP contribution in [0.4, 0.5) is 0 Å². The number of hydrogen-bond acceptors (Lipinski definition) is 4. The molecule has 4 nitrogen and oxygen atoms in total. The van der Waals surface area contributed by atoms with Crippen molar-refractivity contribution in [2.24, 2.45) is 5.73 Å². The lowest BCUT2D eigenvalue weighted by Gasteiger charge is -2.14. The van der Waals surface area contributed by atoms with E-state index in [1.54, 1.807) is 6.92 Å². The second-order valence-electron chi connectivity index (χ2n) is 4.09. The summed E-state index contributed by atoms with van der Waals surface area (Å²) in [6, 6.07) is 9.46. The van der Waals surface area contributed by atoms with Gasteiger partial charge < -0.3 is 10.7 Å². The van der Waals surface area contributed by atoms with E-state index in [0.717, 1.165) is 10.0 Å². The first-order chi connectivity index (χ1) is 9.08. The fourth-order valence-corrected chi connectivity index (χ4v) is 2.95. The van der Waals surface area contributed by atoms with E-state index in [-0.39, 0.29) is 10.8 Å². The van der Waals surface area contributed by atoms with Gasteiger partial charge in [-0.25, -0.2) is 4.98 Å².